The van der Waals surface area contributed by atoms with Gasteiger partial charge in [-0.1, -0.05) is 0 Å². The largest absolute Gasteiger partial charge is 0.322 e. The summed E-state index contributed by atoms with van der Waals surface area (Å²) in [5.41, 5.74) is -0.761. The number of nitro benzene ring substituents is 1. The maximum atomic E-state index is 13.1. The summed E-state index contributed by atoms with van der Waals surface area (Å²) in [6.45, 7) is 0. The van der Waals surface area contributed by atoms with E-state index in [0.29, 0.717) is 0 Å². The van der Waals surface area contributed by atoms with E-state index in [0.717, 1.165) is 12.1 Å². The van der Waals surface area contributed by atoms with E-state index < -0.39 is 16.4 Å². The Bertz CT molecular complexity index is 606. The molecular weight excluding hydrogens is 203 g/mol. The Morgan fingerprint density at radius 3 is 2.67 bits per heavy atom. The van der Waals surface area contributed by atoms with Crippen LogP contribution in [0.15, 0.2) is 29.1 Å². The lowest BCUT2D eigenvalue weighted by molar-refractivity contribution is -0.385. The third-order valence-corrected chi connectivity index (χ3v) is 2.01. The summed E-state index contributed by atoms with van der Waals surface area (Å²) in [6, 6.07) is 4.60. The van der Waals surface area contributed by atoms with E-state index in [9.17, 15) is 19.3 Å². The number of nitrogens with zero attached hydrogens (tertiary/aromatic N) is 1. The van der Waals surface area contributed by atoms with Crippen molar-refractivity contribution in [2.75, 3.05) is 0 Å². The molecule has 5 nitrogen and oxygen atoms in total. The molecule has 0 aliphatic heterocycles. The van der Waals surface area contributed by atoms with Gasteiger partial charge in [-0.25, -0.2) is 0 Å². The van der Waals surface area contributed by atoms with Crippen molar-refractivity contribution in [1.29, 1.82) is 0 Å². The number of aromatic nitrogens is 1. The quantitative estimate of drug-likeness (QED) is 0.570. The standard InChI is InChI=1S/C9H5FN2O3/c10-6-2-3-7-5(9(6)12(14)15)1-4-8(13)11-7/h1-4H,(H,11,13). The second kappa shape index (κ2) is 3.16. The Morgan fingerprint density at radius 2 is 2.00 bits per heavy atom. The SMILES string of the molecule is O=c1ccc2c([N+](=O)[O-])c(F)ccc2[nH]1. The number of hydrogen-bond donors (Lipinski definition) is 1. The highest BCUT2D eigenvalue weighted by atomic mass is 19.1. The molecule has 0 saturated heterocycles. The molecule has 1 aromatic heterocycles. The number of aromatic amines is 1. The maximum Gasteiger partial charge on any atom is 0.314 e. The minimum atomic E-state index is -0.917. The first-order valence-electron chi connectivity index (χ1n) is 4.05. The average Bonchev–Trinajstić information content (AvgIpc) is 2.17. The summed E-state index contributed by atoms with van der Waals surface area (Å²) < 4.78 is 13.1. The topological polar surface area (TPSA) is 76.0 Å². The Balaban J connectivity index is 2.94. The van der Waals surface area contributed by atoms with Crippen LogP contribution in [0.25, 0.3) is 10.9 Å². The maximum absolute atomic E-state index is 13.1. The minimum Gasteiger partial charge on any atom is -0.322 e. The van der Waals surface area contributed by atoms with E-state index in [1.165, 1.54) is 12.1 Å². The number of H-pyrrole nitrogens is 1. The van der Waals surface area contributed by atoms with Crippen molar-refractivity contribution in [2.45, 2.75) is 0 Å². The number of nitrogens with one attached hydrogen (secondary N) is 1. The van der Waals surface area contributed by atoms with Crippen LogP contribution in [-0.2, 0) is 0 Å². The highest BCUT2D eigenvalue weighted by Crippen LogP contribution is 2.26. The van der Waals surface area contributed by atoms with Crippen LogP contribution < -0.4 is 5.56 Å². The molecule has 0 atom stereocenters. The summed E-state index contributed by atoms with van der Waals surface area (Å²) in [5.74, 6) is -0.917. The van der Waals surface area contributed by atoms with E-state index in [1.807, 2.05) is 0 Å². The zero-order chi connectivity index (χ0) is 11.0. The van der Waals surface area contributed by atoms with E-state index in [2.05, 4.69) is 4.98 Å². The average molecular weight is 208 g/mol. The number of nitro groups is 1. The van der Waals surface area contributed by atoms with Crippen molar-refractivity contribution in [3.8, 4) is 0 Å². The fraction of sp³-hybridized carbons (Fsp3) is 0. The first-order chi connectivity index (χ1) is 7.09. The van der Waals surface area contributed by atoms with Crippen molar-refractivity contribution < 1.29 is 9.31 Å². The van der Waals surface area contributed by atoms with Gasteiger partial charge in [0.05, 0.1) is 15.8 Å². The van der Waals surface area contributed by atoms with Gasteiger partial charge >= 0.3 is 5.69 Å². The second-order valence-corrected chi connectivity index (χ2v) is 2.94. The molecule has 0 bridgehead atoms. The number of fused-ring (bicyclic) bond motifs is 1. The Labute approximate surface area is 82.3 Å². The predicted molar refractivity (Wildman–Crippen MR) is 51.2 cm³/mol. The molecule has 6 heteroatoms. The molecule has 15 heavy (non-hydrogen) atoms. The van der Waals surface area contributed by atoms with E-state index in [-0.39, 0.29) is 16.5 Å². The zero-order valence-electron chi connectivity index (χ0n) is 7.36. The fourth-order valence-electron chi connectivity index (χ4n) is 1.38. The van der Waals surface area contributed by atoms with Gasteiger partial charge in [-0.15, -0.1) is 0 Å². The smallest absolute Gasteiger partial charge is 0.314 e. The highest BCUT2D eigenvalue weighted by molar-refractivity contribution is 5.87. The normalized spacial score (nSPS) is 10.5. The van der Waals surface area contributed by atoms with E-state index in [1.54, 1.807) is 0 Å². The van der Waals surface area contributed by atoms with Crippen molar-refractivity contribution in [3.63, 3.8) is 0 Å². The first-order valence-corrected chi connectivity index (χ1v) is 4.05. The lowest BCUT2D eigenvalue weighted by Crippen LogP contribution is -2.04. The molecule has 0 aliphatic rings. The van der Waals surface area contributed by atoms with Crippen molar-refractivity contribution in [1.82, 2.24) is 4.98 Å². The zero-order valence-corrected chi connectivity index (χ0v) is 7.36. The Hall–Kier alpha value is -2.24. The van der Waals surface area contributed by atoms with E-state index in [4.69, 9.17) is 0 Å². The van der Waals surface area contributed by atoms with Crippen molar-refractivity contribution >= 4 is 16.6 Å². The molecule has 2 aromatic rings. The number of rotatable bonds is 1. The van der Waals surface area contributed by atoms with Gasteiger partial charge in [0.15, 0.2) is 0 Å². The van der Waals surface area contributed by atoms with Gasteiger partial charge in [-0.2, -0.15) is 4.39 Å². The molecule has 0 amide bonds. The molecule has 1 N–H and O–H groups in total. The number of pyridine rings is 1. The summed E-state index contributed by atoms with van der Waals surface area (Å²) in [6.07, 6.45) is 0. The number of halogens is 1. The highest BCUT2D eigenvalue weighted by Gasteiger charge is 2.18. The third kappa shape index (κ3) is 1.45. The van der Waals surface area contributed by atoms with Gasteiger partial charge in [0.2, 0.25) is 11.4 Å². The second-order valence-electron chi connectivity index (χ2n) is 2.94. The molecule has 0 aliphatic carbocycles. The summed E-state index contributed by atoms with van der Waals surface area (Å²) in [5, 5.41) is 10.7. The molecular formula is C9H5FN2O3. The minimum absolute atomic E-state index is 0.0830. The Morgan fingerprint density at radius 1 is 1.27 bits per heavy atom. The molecule has 1 heterocycles. The number of hydrogen-bond acceptors (Lipinski definition) is 3. The predicted octanol–water partition coefficient (Wildman–Crippen LogP) is 1.58. The van der Waals surface area contributed by atoms with E-state index >= 15 is 0 Å². The van der Waals surface area contributed by atoms with Crippen molar-refractivity contribution in [2.24, 2.45) is 0 Å². The lowest BCUT2D eigenvalue weighted by Gasteiger charge is -1.99. The summed E-state index contributed by atoms with van der Waals surface area (Å²) in [4.78, 5) is 23.1. The molecule has 0 saturated carbocycles. The third-order valence-electron chi connectivity index (χ3n) is 2.01. The molecule has 0 spiro atoms. The van der Waals surface area contributed by atoms with Crippen LogP contribution in [0, 0.1) is 15.9 Å². The molecule has 0 fully saturated rings. The van der Waals surface area contributed by atoms with Crippen molar-refractivity contribution in [3.05, 3.63) is 50.6 Å². The Kier molecular flexibility index (Phi) is 1.96. The summed E-state index contributed by atoms with van der Waals surface area (Å²) >= 11 is 0. The van der Waals surface area contributed by atoms with Crippen LogP contribution in [0.3, 0.4) is 0 Å². The molecule has 1 aromatic carbocycles. The van der Waals surface area contributed by atoms with Gasteiger partial charge < -0.3 is 4.98 Å². The first kappa shape index (κ1) is 9.32. The van der Waals surface area contributed by atoms with Gasteiger partial charge in [-0.3, -0.25) is 14.9 Å². The van der Waals surface area contributed by atoms with Gasteiger partial charge in [-0.05, 0) is 18.2 Å². The van der Waals surface area contributed by atoms with Crippen LogP contribution in [0.4, 0.5) is 10.1 Å². The summed E-state index contributed by atoms with van der Waals surface area (Å²) in [7, 11) is 0. The van der Waals surface area contributed by atoms with Gasteiger partial charge in [0, 0.05) is 6.07 Å². The molecule has 76 valence electrons. The molecule has 0 radical (unpaired) electrons. The van der Waals surface area contributed by atoms with Crippen LogP contribution in [0.1, 0.15) is 0 Å². The molecule has 2 rings (SSSR count). The van der Waals surface area contributed by atoms with Crippen LogP contribution in [-0.4, -0.2) is 9.91 Å². The fourth-order valence-corrected chi connectivity index (χ4v) is 1.38. The van der Waals surface area contributed by atoms with Crippen LogP contribution in [0.5, 0.6) is 0 Å². The van der Waals surface area contributed by atoms with Gasteiger partial charge in [0.25, 0.3) is 0 Å². The monoisotopic (exact) mass is 208 g/mol. The van der Waals surface area contributed by atoms with Crippen LogP contribution in [0.2, 0.25) is 0 Å². The molecule has 0 unspecified atom stereocenters. The van der Waals surface area contributed by atoms with Gasteiger partial charge in [0.1, 0.15) is 0 Å². The number of benzene rings is 1. The lowest BCUT2D eigenvalue weighted by atomic mass is 10.2. The van der Waals surface area contributed by atoms with Crippen LogP contribution >= 0.6 is 0 Å².